The molecule has 6 nitrogen and oxygen atoms in total. The van der Waals surface area contributed by atoms with E-state index in [1.54, 1.807) is 18.3 Å². The zero-order chi connectivity index (χ0) is 17.2. The number of aromatic nitrogens is 3. The fourth-order valence-corrected chi connectivity index (χ4v) is 2.88. The van der Waals surface area contributed by atoms with Gasteiger partial charge in [-0.3, -0.25) is 0 Å². The summed E-state index contributed by atoms with van der Waals surface area (Å²) in [4.78, 5) is 10.9. The predicted molar refractivity (Wildman–Crippen MR) is 90.4 cm³/mol. The zero-order valence-electron chi connectivity index (χ0n) is 13.5. The molecule has 0 spiro atoms. The third-order valence-electron chi connectivity index (χ3n) is 4.31. The minimum Gasteiger partial charge on any atom is -0.393 e. The van der Waals surface area contributed by atoms with Gasteiger partial charge in [0.25, 0.3) is 5.89 Å². The highest BCUT2D eigenvalue weighted by atomic mass is 19.1. The smallest absolute Gasteiger partial charge is 0.258 e. The van der Waals surface area contributed by atoms with Crippen molar-refractivity contribution in [2.75, 3.05) is 18.0 Å². The highest BCUT2D eigenvalue weighted by molar-refractivity contribution is 5.62. The molecular formula is C18H17FN4O2. The SMILES string of the molecule is OC1CCN(c2cc(-c3nc(-c4ccc(F)cc4)no3)ccn2)CC1. The number of benzene rings is 1. The molecule has 0 radical (unpaired) electrons. The lowest BCUT2D eigenvalue weighted by molar-refractivity contribution is 0.145. The molecule has 0 bridgehead atoms. The molecule has 2 aromatic heterocycles. The molecule has 3 aromatic rings. The number of rotatable bonds is 3. The summed E-state index contributed by atoms with van der Waals surface area (Å²) in [6, 6.07) is 9.66. The number of aliphatic hydroxyl groups is 1. The standard InChI is InChI=1S/C18H17FN4O2/c19-14-3-1-12(2-4-14)17-21-18(25-22-17)13-5-8-20-16(11-13)23-9-6-15(24)7-10-23/h1-5,8,11,15,24H,6-7,9-10H2. The first kappa shape index (κ1) is 15.7. The average molecular weight is 340 g/mol. The van der Waals surface area contributed by atoms with Gasteiger partial charge in [-0.25, -0.2) is 9.37 Å². The number of anilines is 1. The number of pyridine rings is 1. The van der Waals surface area contributed by atoms with Gasteiger partial charge < -0.3 is 14.5 Å². The Morgan fingerprint density at radius 1 is 1.08 bits per heavy atom. The van der Waals surface area contributed by atoms with Gasteiger partial charge in [-0.15, -0.1) is 0 Å². The fourth-order valence-electron chi connectivity index (χ4n) is 2.88. The van der Waals surface area contributed by atoms with E-state index in [-0.39, 0.29) is 11.9 Å². The molecule has 25 heavy (non-hydrogen) atoms. The van der Waals surface area contributed by atoms with E-state index in [2.05, 4.69) is 20.0 Å². The Bertz CT molecular complexity index is 858. The summed E-state index contributed by atoms with van der Waals surface area (Å²) in [5, 5.41) is 13.6. The molecule has 1 aromatic carbocycles. The van der Waals surface area contributed by atoms with Gasteiger partial charge in [0.05, 0.1) is 6.10 Å². The Morgan fingerprint density at radius 3 is 2.60 bits per heavy atom. The number of hydrogen-bond acceptors (Lipinski definition) is 6. The third kappa shape index (κ3) is 3.36. The summed E-state index contributed by atoms with van der Waals surface area (Å²) in [6.45, 7) is 1.53. The number of piperidine rings is 1. The molecule has 1 aliphatic heterocycles. The molecule has 1 saturated heterocycles. The summed E-state index contributed by atoms with van der Waals surface area (Å²) in [6.07, 6.45) is 2.95. The van der Waals surface area contributed by atoms with Gasteiger partial charge in [0.2, 0.25) is 5.82 Å². The normalized spacial score (nSPS) is 15.5. The van der Waals surface area contributed by atoms with E-state index in [1.165, 1.54) is 12.1 Å². The first-order valence-electron chi connectivity index (χ1n) is 8.18. The molecular weight excluding hydrogens is 323 g/mol. The Morgan fingerprint density at radius 2 is 1.84 bits per heavy atom. The van der Waals surface area contributed by atoms with Crippen LogP contribution in [0.3, 0.4) is 0 Å². The zero-order valence-corrected chi connectivity index (χ0v) is 13.5. The lowest BCUT2D eigenvalue weighted by atomic mass is 10.1. The molecule has 0 atom stereocenters. The van der Waals surface area contributed by atoms with Crippen LogP contribution >= 0.6 is 0 Å². The fraction of sp³-hybridized carbons (Fsp3) is 0.278. The van der Waals surface area contributed by atoms with Crippen LogP contribution in [0.2, 0.25) is 0 Å². The van der Waals surface area contributed by atoms with Gasteiger partial charge in [0, 0.05) is 30.4 Å². The van der Waals surface area contributed by atoms with Crippen molar-refractivity contribution < 1.29 is 14.0 Å². The summed E-state index contributed by atoms with van der Waals surface area (Å²) in [5.41, 5.74) is 1.47. The summed E-state index contributed by atoms with van der Waals surface area (Å²) in [5.74, 6) is 1.32. The Kier molecular flexibility index (Phi) is 4.15. The van der Waals surface area contributed by atoms with Crippen molar-refractivity contribution in [3.05, 3.63) is 48.4 Å². The van der Waals surface area contributed by atoms with Crippen molar-refractivity contribution in [2.45, 2.75) is 18.9 Å². The van der Waals surface area contributed by atoms with E-state index in [1.807, 2.05) is 12.1 Å². The molecule has 1 aliphatic rings. The molecule has 3 heterocycles. The van der Waals surface area contributed by atoms with Crippen molar-refractivity contribution in [3.8, 4) is 22.8 Å². The Balaban J connectivity index is 1.58. The first-order valence-corrected chi connectivity index (χ1v) is 8.18. The molecule has 0 aliphatic carbocycles. The first-order chi connectivity index (χ1) is 12.2. The lowest BCUT2D eigenvalue weighted by Crippen LogP contribution is -2.36. The van der Waals surface area contributed by atoms with Crippen LogP contribution in [0.1, 0.15) is 12.8 Å². The van der Waals surface area contributed by atoms with Crippen LogP contribution in [0.5, 0.6) is 0 Å². The molecule has 0 saturated carbocycles. The Labute approximate surface area is 143 Å². The van der Waals surface area contributed by atoms with Crippen LogP contribution in [0.4, 0.5) is 10.2 Å². The van der Waals surface area contributed by atoms with Gasteiger partial charge in [-0.2, -0.15) is 4.98 Å². The van der Waals surface area contributed by atoms with Gasteiger partial charge in [-0.05, 0) is 49.2 Å². The van der Waals surface area contributed by atoms with Gasteiger partial charge in [-0.1, -0.05) is 5.16 Å². The number of hydrogen-bond donors (Lipinski definition) is 1. The van der Waals surface area contributed by atoms with E-state index < -0.39 is 0 Å². The maximum atomic E-state index is 13.0. The molecule has 1 fully saturated rings. The number of halogens is 1. The number of nitrogens with zero attached hydrogens (tertiary/aromatic N) is 4. The third-order valence-corrected chi connectivity index (χ3v) is 4.31. The van der Waals surface area contributed by atoms with Crippen LogP contribution < -0.4 is 4.90 Å². The van der Waals surface area contributed by atoms with Gasteiger partial charge in [0.1, 0.15) is 11.6 Å². The van der Waals surface area contributed by atoms with E-state index in [0.29, 0.717) is 17.3 Å². The monoisotopic (exact) mass is 340 g/mol. The maximum absolute atomic E-state index is 13.0. The topological polar surface area (TPSA) is 75.3 Å². The van der Waals surface area contributed by atoms with E-state index in [0.717, 1.165) is 37.3 Å². The minimum atomic E-state index is -0.308. The van der Waals surface area contributed by atoms with Crippen molar-refractivity contribution >= 4 is 5.82 Å². The second-order valence-electron chi connectivity index (χ2n) is 6.05. The number of aliphatic hydroxyl groups excluding tert-OH is 1. The highest BCUT2D eigenvalue weighted by Gasteiger charge is 2.19. The van der Waals surface area contributed by atoms with Crippen LogP contribution in [-0.2, 0) is 0 Å². The lowest BCUT2D eigenvalue weighted by Gasteiger charge is -2.30. The van der Waals surface area contributed by atoms with Crippen LogP contribution in [0.15, 0.2) is 47.1 Å². The molecule has 4 rings (SSSR count). The van der Waals surface area contributed by atoms with E-state index in [4.69, 9.17) is 4.52 Å². The quantitative estimate of drug-likeness (QED) is 0.790. The molecule has 1 N–H and O–H groups in total. The predicted octanol–water partition coefficient (Wildman–Crippen LogP) is 2.90. The maximum Gasteiger partial charge on any atom is 0.258 e. The van der Waals surface area contributed by atoms with Crippen molar-refractivity contribution in [2.24, 2.45) is 0 Å². The molecule has 0 amide bonds. The van der Waals surface area contributed by atoms with Crippen LogP contribution in [-0.4, -0.2) is 39.4 Å². The molecule has 128 valence electrons. The van der Waals surface area contributed by atoms with Crippen LogP contribution in [0, 0.1) is 5.82 Å². The summed E-state index contributed by atoms with van der Waals surface area (Å²) in [7, 11) is 0. The van der Waals surface area contributed by atoms with Crippen LogP contribution in [0.25, 0.3) is 22.8 Å². The van der Waals surface area contributed by atoms with E-state index >= 15 is 0 Å². The van der Waals surface area contributed by atoms with Crippen molar-refractivity contribution in [1.82, 2.24) is 15.1 Å². The summed E-state index contributed by atoms with van der Waals surface area (Å²) >= 11 is 0. The largest absolute Gasteiger partial charge is 0.393 e. The minimum absolute atomic E-state index is 0.228. The molecule has 0 unspecified atom stereocenters. The average Bonchev–Trinajstić information content (AvgIpc) is 3.13. The Hall–Kier alpha value is -2.80. The second kappa shape index (κ2) is 6.60. The highest BCUT2D eigenvalue weighted by Crippen LogP contribution is 2.26. The van der Waals surface area contributed by atoms with Crippen molar-refractivity contribution in [1.29, 1.82) is 0 Å². The van der Waals surface area contributed by atoms with Crippen molar-refractivity contribution in [3.63, 3.8) is 0 Å². The second-order valence-corrected chi connectivity index (χ2v) is 6.05. The summed E-state index contributed by atoms with van der Waals surface area (Å²) < 4.78 is 18.4. The van der Waals surface area contributed by atoms with Gasteiger partial charge >= 0.3 is 0 Å². The molecule has 7 heteroatoms. The van der Waals surface area contributed by atoms with Gasteiger partial charge in [0.15, 0.2) is 0 Å². The van der Waals surface area contributed by atoms with E-state index in [9.17, 15) is 9.50 Å².